The molecule has 5 rings (SSSR count). The molecule has 4 aromatic carbocycles. The lowest BCUT2D eigenvalue weighted by molar-refractivity contribution is -0.116. The third kappa shape index (κ3) is 4.84. The minimum absolute atomic E-state index is 0.156. The van der Waals surface area contributed by atoms with Crippen LogP contribution in [-0.2, 0) is 4.79 Å². The molecule has 0 saturated carbocycles. The predicted octanol–water partition coefficient (Wildman–Crippen LogP) is 7.26. The summed E-state index contributed by atoms with van der Waals surface area (Å²) < 4.78 is 19.3. The molecule has 1 amide bonds. The van der Waals surface area contributed by atoms with Gasteiger partial charge in [-0.2, -0.15) is 0 Å². The largest absolute Gasteiger partial charge is 0.457 e. The van der Waals surface area contributed by atoms with Gasteiger partial charge in [0.15, 0.2) is 0 Å². The number of hydrogen-bond acceptors (Lipinski definition) is 2. The number of carbonyl (C=O) groups is 1. The Bertz CT molecular complexity index is 1410. The summed E-state index contributed by atoms with van der Waals surface area (Å²) in [5.41, 5.74) is 3.57. The number of carbonyl (C=O) groups excluding carboxylic acids is 1. The number of aromatic amines is 1. The number of benzene rings is 4. The van der Waals surface area contributed by atoms with E-state index in [4.69, 9.17) is 4.74 Å². The van der Waals surface area contributed by atoms with Gasteiger partial charge in [0.05, 0.1) is 0 Å². The summed E-state index contributed by atoms with van der Waals surface area (Å²) in [4.78, 5) is 16.4. The van der Waals surface area contributed by atoms with Crippen molar-refractivity contribution in [2.75, 3.05) is 5.32 Å². The smallest absolute Gasteiger partial charge is 0.225 e. The zero-order valence-electron chi connectivity index (χ0n) is 18.4. The zero-order valence-corrected chi connectivity index (χ0v) is 18.4. The number of anilines is 1. The van der Waals surface area contributed by atoms with Crippen LogP contribution in [0.25, 0.3) is 10.9 Å². The molecule has 34 heavy (non-hydrogen) atoms. The quantitative estimate of drug-likeness (QED) is 0.274. The predicted molar refractivity (Wildman–Crippen MR) is 133 cm³/mol. The van der Waals surface area contributed by atoms with Gasteiger partial charge in [-0.1, -0.05) is 48.5 Å². The van der Waals surface area contributed by atoms with E-state index in [0.29, 0.717) is 11.4 Å². The van der Waals surface area contributed by atoms with E-state index in [1.165, 1.54) is 12.1 Å². The molecule has 1 heterocycles. The van der Waals surface area contributed by atoms with Crippen molar-refractivity contribution < 1.29 is 13.9 Å². The third-order valence-electron chi connectivity index (χ3n) is 5.75. The van der Waals surface area contributed by atoms with Crippen LogP contribution >= 0.6 is 0 Å². The normalized spacial score (nSPS) is 11.8. The summed E-state index contributed by atoms with van der Waals surface area (Å²) in [6.45, 7) is 0. The Morgan fingerprint density at radius 3 is 2.41 bits per heavy atom. The van der Waals surface area contributed by atoms with Crippen molar-refractivity contribution in [1.29, 1.82) is 0 Å². The van der Waals surface area contributed by atoms with Crippen molar-refractivity contribution in [3.05, 3.63) is 126 Å². The van der Waals surface area contributed by atoms with Crippen LogP contribution in [0.2, 0.25) is 0 Å². The maximum absolute atomic E-state index is 13.3. The number of ether oxygens (including phenoxy) is 1. The number of amides is 1. The van der Waals surface area contributed by atoms with E-state index >= 15 is 0 Å². The first-order valence-electron chi connectivity index (χ1n) is 11.1. The number of fused-ring (bicyclic) bond motifs is 1. The van der Waals surface area contributed by atoms with Crippen LogP contribution in [0, 0.1) is 5.82 Å². The van der Waals surface area contributed by atoms with Crippen LogP contribution in [-0.4, -0.2) is 10.9 Å². The van der Waals surface area contributed by atoms with Gasteiger partial charge in [0, 0.05) is 35.1 Å². The lowest BCUT2D eigenvalue weighted by atomic mass is 9.88. The third-order valence-corrected chi connectivity index (χ3v) is 5.75. The topological polar surface area (TPSA) is 54.1 Å². The molecule has 0 spiro atoms. The number of aromatic nitrogens is 1. The minimum atomic E-state index is -0.343. The fourth-order valence-electron chi connectivity index (χ4n) is 4.14. The monoisotopic (exact) mass is 450 g/mol. The van der Waals surface area contributed by atoms with Crippen LogP contribution in [0.3, 0.4) is 0 Å². The summed E-state index contributed by atoms with van der Waals surface area (Å²) >= 11 is 0. The van der Waals surface area contributed by atoms with Gasteiger partial charge in [-0.3, -0.25) is 4.79 Å². The number of para-hydroxylation sites is 2. The molecule has 0 fully saturated rings. The zero-order chi connectivity index (χ0) is 23.3. The Hall–Kier alpha value is -4.38. The van der Waals surface area contributed by atoms with E-state index in [2.05, 4.69) is 16.4 Å². The fourth-order valence-corrected chi connectivity index (χ4v) is 4.14. The second-order valence-electron chi connectivity index (χ2n) is 8.09. The Morgan fingerprint density at radius 2 is 1.59 bits per heavy atom. The van der Waals surface area contributed by atoms with Crippen molar-refractivity contribution in [3.63, 3.8) is 0 Å². The first-order chi connectivity index (χ1) is 16.7. The average molecular weight is 451 g/mol. The van der Waals surface area contributed by atoms with E-state index < -0.39 is 0 Å². The van der Waals surface area contributed by atoms with E-state index in [0.717, 1.165) is 27.8 Å². The molecule has 1 aromatic heterocycles. The van der Waals surface area contributed by atoms with Crippen LogP contribution in [0.4, 0.5) is 10.1 Å². The van der Waals surface area contributed by atoms with E-state index in [9.17, 15) is 9.18 Å². The molecule has 0 radical (unpaired) electrons. The molecule has 0 saturated heterocycles. The van der Waals surface area contributed by atoms with Gasteiger partial charge in [-0.15, -0.1) is 0 Å². The molecule has 1 atom stereocenters. The van der Waals surface area contributed by atoms with Crippen molar-refractivity contribution >= 4 is 22.5 Å². The number of halogens is 1. The van der Waals surface area contributed by atoms with Gasteiger partial charge < -0.3 is 15.0 Å². The summed E-state index contributed by atoms with van der Waals surface area (Å²) in [5.74, 6) is 0.738. The second kappa shape index (κ2) is 9.63. The average Bonchev–Trinajstić information content (AvgIpc) is 3.29. The number of hydrogen-bond donors (Lipinski definition) is 2. The molecule has 4 nitrogen and oxygen atoms in total. The Labute approximate surface area is 197 Å². The standard InChI is InChI=1S/C29H23FN2O2/c30-21-13-15-22(16-14-21)32-29(33)18-26(27-19-31-28-12-5-4-11-25(27)28)20-7-6-10-24(17-20)34-23-8-2-1-3-9-23/h1-17,19,26,31H,18H2,(H,32,33). The maximum atomic E-state index is 13.3. The van der Waals surface area contributed by atoms with Crippen molar-refractivity contribution in [2.24, 2.45) is 0 Å². The van der Waals surface area contributed by atoms with E-state index in [-0.39, 0.29) is 24.1 Å². The van der Waals surface area contributed by atoms with Gasteiger partial charge in [0.1, 0.15) is 17.3 Å². The number of H-pyrrole nitrogens is 1. The molecule has 0 aliphatic carbocycles. The highest BCUT2D eigenvalue weighted by atomic mass is 19.1. The number of nitrogens with one attached hydrogen (secondary N) is 2. The molecule has 0 bridgehead atoms. The van der Waals surface area contributed by atoms with Gasteiger partial charge in [-0.25, -0.2) is 4.39 Å². The summed E-state index contributed by atoms with van der Waals surface area (Å²) in [7, 11) is 0. The molecule has 0 aliphatic heterocycles. The van der Waals surface area contributed by atoms with E-state index in [1.807, 2.05) is 79.0 Å². The SMILES string of the molecule is O=C(CC(c1cccc(Oc2ccccc2)c1)c1c[nH]c2ccccc12)Nc1ccc(F)cc1. The Balaban J connectivity index is 1.47. The van der Waals surface area contributed by atoms with Gasteiger partial charge in [0.2, 0.25) is 5.91 Å². The second-order valence-corrected chi connectivity index (χ2v) is 8.09. The van der Waals surface area contributed by atoms with Crippen LogP contribution in [0.1, 0.15) is 23.5 Å². The maximum Gasteiger partial charge on any atom is 0.225 e. The highest BCUT2D eigenvalue weighted by molar-refractivity contribution is 5.92. The highest BCUT2D eigenvalue weighted by Gasteiger charge is 2.22. The lowest BCUT2D eigenvalue weighted by Gasteiger charge is -2.18. The Morgan fingerprint density at radius 1 is 0.853 bits per heavy atom. The van der Waals surface area contributed by atoms with Gasteiger partial charge >= 0.3 is 0 Å². The summed E-state index contributed by atoms with van der Waals surface area (Å²) in [6.07, 6.45) is 2.18. The molecule has 2 N–H and O–H groups in total. The van der Waals surface area contributed by atoms with Crippen molar-refractivity contribution in [2.45, 2.75) is 12.3 Å². The first kappa shape index (κ1) is 21.5. The van der Waals surface area contributed by atoms with Crippen molar-refractivity contribution in [1.82, 2.24) is 4.98 Å². The molecular weight excluding hydrogens is 427 g/mol. The van der Waals surface area contributed by atoms with Crippen molar-refractivity contribution in [3.8, 4) is 11.5 Å². The van der Waals surface area contributed by atoms with Crippen LogP contribution in [0.5, 0.6) is 11.5 Å². The molecule has 1 unspecified atom stereocenters. The van der Waals surface area contributed by atoms with Crippen LogP contribution in [0.15, 0.2) is 109 Å². The molecule has 5 heteroatoms. The minimum Gasteiger partial charge on any atom is -0.457 e. The summed E-state index contributed by atoms with van der Waals surface area (Å²) in [5, 5.41) is 3.95. The fraction of sp³-hybridized carbons (Fsp3) is 0.0690. The molecule has 168 valence electrons. The highest BCUT2D eigenvalue weighted by Crippen LogP contribution is 2.35. The van der Waals surface area contributed by atoms with Gasteiger partial charge in [-0.05, 0) is 65.7 Å². The van der Waals surface area contributed by atoms with Gasteiger partial charge in [0.25, 0.3) is 0 Å². The summed E-state index contributed by atoms with van der Waals surface area (Å²) in [6, 6.07) is 31.2. The molecule has 0 aliphatic rings. The molecular formula is C29H23FN2O2. The van der Waals surface area contributed by atoms with E-state index in [1.54, 1.807) is 12.1 Å². The lowest BCUT2D eigenvalue weighted by Crippen LogP contribution is -2.16. The molecule has 5 aromatic rings. The van der Waals surface area contributed by atoms with Crippen LogP contribution < -0.4 is 10.1 Å². The Kier molecular flexibility index (Phi) is 6.08. The first-order valence-corrected chi connectivity index (χ1v) is 11.1. The number of rotatable bonds is 7.